The average molecular weight is 253 g/mol. The van der Waals surface area contributed by atoms with E-state index in [-0.39, 0.29) is 5.91 Å². The molecule has 1 aromatic heterocycles. The molecule has 0 unspecified atom stereocenters. The Bertz CT molecular complexity index is 371. The van der Waals surface area contributed by atoms with Crippen molar-refractivity contribution < 1.29 is 4.79 Å². The average Bonchev–Trinajstić information content (AvgIpc) is 2.33. The van der Waals surface area contributed by atoms with Crippen molar-refractivity contribution in [2.45, 2.75) is 25.9 Å². The summed E-state index contributed by atoms with van der Waals surface area (Å²) >= 11 is 1.69. The van der Waals surface area contributed by atoms with Crippen LogP contribution in [-0.2, 0) is 11.3 Å². The van der Waals surface area contributed by atoms with Crippen LogP contribution in [-0.4, -0.2) is 28.9 Å². The molecule has 0 aromatic carbocycles. The van der Waals surface area contributed by atoms with Crippen LogP contribution in [0.25, 0.3) is 0 Å². The molecular weight excluding hydrogens is 234 g/mol. The van der Waals surface area contributed by atoms with Gasteiger partial charge in [-0.1, -0.05) is 6.07 Å². The summed E-state index contributed by atoms with van der Waals surface area (Å²) in [6.45, 7) is 2.36. The molecule has 4 nitrogen and oxygen atoms in total. The third-order valence-corrected chi connectivity index (χ3v) is 3.00. The topological polar surface area (TPSA) is 68.0 Å². The minimum absolute atomic E-state index is 0.109. The summed E-state index contributed by atoms with van der Waals surface area (Å²) in [5.41, 5.74) is 7.56. The minimum atomic E-state index is -0.424. The number of hydrogen-bond acceptors (Lipinski definition) is 4. The summed E-state index contributed by atoms with van der Waals surface area (Å²) in [5.74, 6) is 0.791. The minimum Gasteiger partial charge on any atom is -0.349 e. The predicted octanol–water partition coefficient (Wildman–Crippen LogP) is 1.09. The maximum Gasteiger partial charge on any atom is 0.237 e. The van der Waals surface area contributed by atoms with Crippen molar-refractivity contribution in [3.63, 3.8) is 0 Å². The Morgan fingerprint density at radius 2 is 2.35 bits per heavy atom. The summed E-state index contributed by atoms with van der Waals surface area (Å²) in [4.78, 5) is 15.9. The van der Waals surface area contributed by atoms with Gasteiger partial charge in [-0.2, -0.15) is 11.8 Å². The van der Waals surface area contributed by atoms with E-state index in [1.54, 1.807) is 11.8 Å². The van der Waals surface area contributed by atoms with Crippen LogP contribution in [0.3, 0.4) is 0 Å². The lowest BCUT2D eigenvalue weighted by molar-refractivity contribution is -0.122. The second kappa shape index (κ2) is 7.29. The van der Waals surface area contributed by atoms with E-state index in [0.717, 1.165) is 17.1 Å². The molecule has 1 heterocycles. The number of aromatic nitrogens is 1. The first-order valence-corrected chi connectivity index (χ1v) is 6.97. The number of amides is 1. The van der Waals surface area contributed by atoms with Crippen LogP contribution in [0.4, 0.5) is 0 Å². The van der Waals surface area contributed by atoms with Gasteiger partial charge in [0, 0.05) is 5.69 Å². The Kier molecular flexibility index (Phi) is 6.00. The lowest BCUT2D eigenvalue weighted by atomic mass is 10.2. The van der Waals surface area contributed by atoms with E-state index in [9.17, 15) is 4.79 Å². The van der Waals surface area contributed by atoms with Crippen molar-refractivity contribution in [1.29, 1.82) is 0 Å². The molecule has 1 rings (SSSR count). The first kappa shape index (κ1) is 14.0. The maximum atomic E-state index is 11.6. The molecule has 17 heavy (non-hydrogen) atoms. The quantitative estimate of drug-likeness (QED) is 0.796. The maximum absolute atomic E-state index is 11.6. The zero-order valence-electron chi connectivity index (χ0n) is 10.3. The van der Waals surface area contributed by atoms with E-state index >= 15 is 0 Å². The van der Waals surface area contributed by atoms with Crippen LogP contribution in [0, 0.1) is 6.92 Å². The molecule has 1 amide bonds. The molecule has 0 saturated carbocycles. The Hall–Kier alpha value is -1.07. The van der Waals surface area contributed by atoms with Crippen molar-refractivity contribution in [3.8, 4) is 0 Å². The van der Waals surface area contributed by atoms with E-state index in [1.807, 2.05) is 31.4 Å². The van der Waals surface area contributed by atoms with E-state index < -0.39 is 6.04 Å². The van der Waals surface area contributed by atoms with Gasteiger partial charge >= 0.3 is 0 Å². The number of carbonyl (C=O) groups excluding carboxylic acids is 1. The number of nitrogens with two attached hydrogens (primary N) is 1. The van der Waals surface area contributed by atoms with Gasteiger partial charge in [0.25, 0.3) is 0 Å². The molecule has 1 atom stereocenters. The van der Waals surface area contributed by atoms with Gasteiger partial charge in [0.15, 0.2) is 0 Å². The Labute approximate surface area is 106 Å². The monoisotopic (exact) mass is 253 g/mol. The second-order valence-corrected chi connectivity index (χ2v) is 4.86. The fraction of sp³-hybridized carbons (Fsp3) is 0.500. The molecule has 3 N–H and O–H groups in total. The molecule has 94 valence electrons. The molecule has 5 heteroatoms. The lowest BCUT2D eigenvalue weighted by Crippen LogP contribution is -2.40. The zero-order chi connectivity index (χ0) is 12.7. The summed E-state index contributed by atoms with van der Waals surface area (Å²) in [5, 5.41) is 2.80. The molecule has 0 fully saturated rings. The first-order chi connectivity index (χ1) is 8.13. The third-order valence-electron chi connectivity index (χ3n) is 2.36. The summed E-state index contributed by atoms with van der Waals surface area (Å²) < 4.78 is 0. The molecule has 0 radical (unpaired) electrons. The van der Waals surface area contributed by atoms with Crippen molar-refractivity contribution in [2.75, 3.05) is 12.0 Å². The highest BCUT2D eigenvalue weighted by atomic mass is 32.2. The molecule has 0 aliphatic carbocycles. The van der Waals surface area contributed by atoms with E-state index in [1.165, 1.54) is 0 Å². The van der Waals surface area contributed by atoms with Gasteiger partial charge in [-0.15, -0.1) is 0 Å². The van der Waals surface area contributed by atoms with Crippen LogP contribution >= 0.6 is 11.8 Å². The molecule has 1 aromatic rings. The number of rotatable bonds is 6. The van der Waals surface area contributed by atoms with Gasteiger partial charge in [-0.05, 0) is 37.5 Å². The molecule has 0 saturated heterocycles. The predicted molar refractivity (Wildman–Crippen MR) is 71.8 cm³/mol. The number of thioether (sulfide) groups is 1. The Morgan fingerprint density at radius 1 is 1.59 bits per heavy atom. The fourth-order valence-corrected chi connectivity index (χ4v) is 1.87. The number of aryl methyl sites for hydroxylation is 1. The van der Waals surface area contributed by atoms with E-state index in [0.29, 0.717) is 13.0 Å². The van der Waals surface area contributed by atoms with E-state index in [2.05, 4.69) is 10.3 Å². The highest BCUT2D eigenvalue weighted by Crippen LogP contribution is 2.00. The number of pyridine rings is 1. The highest BCUT2D eigenvalue weighted by molar-refractivity contribution is 7.98. The van der Waals surface area contributed by atoms with Crippen LogP contribution < -0.4 is 11.1 Å². The standard InChI is InChI=1S/C12H19N3OS/c1-9-4-3-5-10(15-9)8-14-12(16)11(13)6-7-17-2/h3-5,11H,6-8,13H2,1-2H3,(H,14,16)/t11-/m0/s1. The first-order valence-electron chi connectivity index (χ1n) is 5.58. The van der Waals surface area contributed by atoms with Gasteiger partial charge in [0.1, 0.15) is 0 Å². The number of nitrogens with zero attached hydrogens (tertiary/aromatic N) is 1. The van der Waals surface area contributed by atoms with Gasteiger partial charge in [0.05, 0.1) is 18.3 Å². The largest absolute Gasteiger partial charge is 0.349 e. The normalized spacial score (nSPS) is 12.2. The summed E-state index contributed by atoms with van der Waals surface area (Å²) in [6.07, 6.45) is 2.70. The lowest BCUT2D eigenvalue weighted by Gasteiger charge is -2.11. The van der Waals surface area contributed by atoms with Crippen LogP contribution in [0.1, 0.15) is 17.8 Å². The fourth-order valence-electron chi connectivity index (χ4n) is 1.38. The van der Waals surface area contributed by atoms with Gasteiger partial charge in [0.2, 0.25) is 5.91 Å². The summed E-state index contributed by atoms with van der Waals surface area (Å²) in [7, 11) is 0. The van der Waals surface area contributed by atoms with Gasteiger partial charge < -0.3 is 11.1 Å². The number of carbonyl (C=O) groups is 1. The van der Waals surface area contributed by atoms with Crippen LogP contribution in [0.15, 0.2) is 18.2 Å². The van der Waals surface area contributed by atoms with Crippen molar-refractivity contribution in [1.82, 2.24) is 10.3 Å². The molecule has 0 aliphatic heterocycles. The molecule has 0 spiro atoms. The third kappa shape index (κ3) is 5.19. The second-order valence-electron chi connectivity index (χ2n) is 3.88. The van der Waals surface area contributed by atoms with Crippen molar-refractivity contribution in [2.24, 2.45) is 5.73 Å². The van der Waals surface area contributed by atoms with E-state index in [4.69, 9.17) is 5.73 Å². The molecule has 0 bridgehead atoms. The van der Waals surface area contributed by atoms with Gasteiger partial charge in [-0.25, -0.2) is 0 Å². The Balaban J connectivity index is 2.37. The number of hydrogen-bond donors (Lipinski definition) is 2. The molecular formula is C12H19N3OS. The molecule has 0 aliphatic rings. The van der Waals surface area contributed by atoms with Crippen LogP contribution in [0.2, 0.25) is 0 Å². The summed E-state index contributed by atoms with van der Waals surface area (Å²) in [6, 6.07) is 5.32. The van der Waals surface area contributed by atoms with Crippen LogP contribution in [0.5, 0.6) is 0 Å². The SMILES string of the molecule is CSCC[C@H](N)C(=O)NCc1cccc(C)n1. The Morgan fingerprint density at radius 3 is 3.00 bits per heavy atom. The zero-order valence-corrected chi connectivity index (χ0v) is 11.1. The van der Waals surface area contributed by atoms with Gasteiger partial charge in [-0.3, -0.25) is 9.78 Å². The highest BCUT2D eigenvalue weighted by Gasteiger charge is 2.12. The smallest absolute Gasteiger partial charge is 0.237 e. The van der Waals surface area contributed by atoms with Crippen molar-refractivity contribution in [3.05, 3.63) is 29.6 Å². The number of nitrogens with one attached hydrogen (secondary N) is 1. The van der Waals surface area contributed by atoms with Crippen molar-refractivity contribution >= 4 is 17.7 Å².